The van der Waals surface area contributed by atoms with Crippen molar-refractivity contribution in [1.29, 1.82) is 0 Å². The van der Waals surface area contributed by atoms with E-state index in [1.54, 1.807) is 0 Å². The summed E-state index contributed by atoms with van der Waals surface area (Å²) in [7, 11) is 0. The SMILES string of the molecule is Clc1ccc(C(Cl)C2CCC2)c2ccccc12. The lowest BCUT2D eigenvalue weighted by Crippen LogP contribution is -2.16. The molecule has 1 atom stereocenters. The summed E-state index contributed by atoms with van der Waals surface area (Å²) in [6.07, 6.45) is 3.83. The van der Waals surface area contributed by atoms with Gasteiger partial charge >= 0.3 is 0 Å². The van der Waals surface area contributed by atoms with Gasteiger partial charge in [-0.1, -0.05) is 48.4 Å². The first-order valence-electron chi connectivity index (χ1n) is 6.08. The van der Waals surface area contributed by atoms with Gasteiger partial charge in [-0.15, -0.1) is 11.6 Å². The first-order chi connectivity index (χ1) is 8.27. The maximum absolute atomic E-state index is 6.60. The second-order valence-electron chi connectivity index (χ2n) is 4.77. The van der Waals surface area contributed by atoms with E-state index in [9.17, 15) is 0 Å². The molecule has 1 aliphatic rings. The van der Waals surface area contributed by atoms with E-state index in [0.29, 0.717) is 5.92 Å². The second-order valence-corrected chi connectivity index (χ2v) is 5.65. The van der Waals surface area contributed by atoms with Crippen molar-refractivity contribution < 1.29 is 0 Å². The molecule has 88 valence electrons. The van der Waals surface area contributed by atoms with Crippen LogP contribution >= 0.6 is 23.2 Å². The van der Waals surface area contributed by atoms with Gasteiger partial charge in [-0.2, -0.15) is 0 Å². The van der Waals surface area contributed by atoms with E-state index in [4.69, 9.17) is 23.2 Å². The van der Waals surface area contributed by atoms with Crippen LogP contribution in [0.4, 0.5) is 0 Å². The minimum absolute atomic E-state index is 0.130. The monoisotopic (exact) mass is 264 g/mol. The quantitative estimate of drug-likeness (QED) is 0.622. The summed E-state index contributed by atoms with van der Waals surface area (Å²) in [6, 6.07) is 12.3. The molecule has 2 heteroatoms. The Balaban J connectivity index is 2.12. The summed E-state index contributed by atoms with van der Waals surface area (Å²) >= 11 is 12.8. The molecule has 0 heterocycles. The van der Waals surface area contributed by atoms with E-state index in [2.05, 4.69) is 18.2 Å². The molecule has 0 radical (unpaired) electrons. The van der Waals surface area contributed by atoms with Crippen molar-refractivity contribution in [2.24, 2.45) is 5.92 Å². The van der Waals surface area contributed by atoms with E-state index in [1.807, 2.05) is 18.2 Å². The molecule has 1 saturated carbocycles. The smallest absolute Gasteiger partial charge is 0.0619 e. The van der Waals surface area contributed by atoms with Crippen LogP contribution in [0.25, 0.3) is 10.8 Å². The third-order valence-corrected chi connectivity index (χ3v) is 4.69. The maximum atomic E-state index is 6.60. The maximum Gasteiger partial charge on any atom is 0.0619 e. The Bertz CT molecular complexity index is 544. The van der Waals surface area contributed by atoms with Gasteiger partial charge in [-0.25, -0.2) is 0 Å². The lowest BCUT2D eigenvalue weighted by molar-refractivity contribution is 0.306. The van der Waals surface area contributed by atoms with E-state index >= 15 is 0 Å². The van der Waals surface area contributed by atoms with Gasteiger partial charge in [-0.3, -0.25) is 0 Å². The van der Waals surface area contributed by atoms with Gasteiger partial charge in [0, 0.05) is 10.4 Å². The molecule has 0 amide bonds. The Morgan fingerprint density at radius 2 is 1.71 bits per heavy atom. The van der Waals surface area contributed by atoms with Gasteiger partial charge in [0.15, 0.2) is 0 Å². The largest absolute Gasteiger partial charge is 0.117 e. The summed E-state index contributed by atoms with van der Waals surface area (Å²) in [5.74, 6) is 0.640. The molecule has 0 bridgehead atoms. The van der Waals surface area contributed by atoms with Crippen LogP contribution in [-0.2, 0) is 0 Å². The predicted molar refractivity (Wildman–Crippen MR) is 74.9 cm³/mol. The van der Waals surface area contributed by atoms with Crippen molar-refractivity contribution in [3.8, 4) is 0 Å². The highest BCUT2D eigenvalue weighted by atomic mass is 35.5. The fourth-order valence-electron chi connectivity index (χ4n) is 2.51. The Hall–Kier alpha value is -0.720. The molecule has 1 fully saturated rings. The van der Waals surface area contributed by atoms with Gasteiger partial charge in [0.1, 0.15) is 0 Å². The number of halogens is 2. The minimum Gasteiger partial charge on any atom is -0.117 e. The molecule has 0 nitrogen and oxygen atoms in total. The number of hydrogen-bond donors (Lipinski definition) is 0. The summed E-state index contributed by atoms with van der Waals surface area (Å²) in [6.45, 7) is 0. The zero-order chi connectivity index (χ0) is 11.8. The third-order valence-electron chi connectivity index (χ3n) is 3.77. The first kappa shape index (κ1) is 11.4. The van der Waals surface area contributed by atoms with Crippen molar-refractivity contribution in [3.05, 3.63) is 47.0 Å². The average Bonchev–Trinajstić information content (AvgIpc) is 2.27. The number of rotatable bonds is 2. The molecule has 2 aromatic carbocycles. The Morgan fingerprint density at radius 1 is 1.00 bits per heavy atom. The van der Waals surface area contributed by atoms with Crippen LogP contribution in [0, 0.1) is 5.92 Å². The van der Waals surface area contributed by atoms with E-state index < -0.39 is 0 Å². The number of hydrogen-bond acceptors (Lipinski definition) is 0. The minimum atomic E-state index is 0.130. The molecule has 0 N–H and O–H groups in total. The summed E-state index contributed by atoms with van der Waals surface area (Å²) < 4.78 is 0. The van der Waals surface area contributed by atoms with Crippen LogP contribution in [0.3, 0.4) is 0 Å². The number of alkyl halides is 1. The molecule has 0 aliphatic heterocycles. The van der Waals surface area contributed by atoms with E-state index in [1.165, 1.54) is 30.2 Å². The van der Waals surface area contributed by atoms with Crippen LogP contribution in [0.2, 0.25) is 5.02 Å². The van der Waals surface area contributed by atoms with Gasteiger partial charge in [0.2, 0.25) is 0 Å². The molecule has 17 heavy (non-hydrogen) atoms. The fraction of sp³-hybridized carbons (Fsp3) is 0.333. The lowest BCUT2D eigenvalue weighted by atomic mass is 9.79. The topological polar surface area (TPSA) is 0 Å². The van der Waals surface area contributed by atoms with Crippen molar-refractivity contribution in [3.63, 3.8) is 0 Å². The van der Waals surface area contributed by atoms with Crippen LogP contribution in [0.5, 0.6) is 0 Å². The van der Waals surface area contributed by atoms with Crippen LogP contribution in [0.1, 0.15) is 30.2 Å². The molecule has 1 aliphatic carbocycles. The zero-order valence-corrected chi connectivity index (χ0v) is 11.0. The van der Waals surface area contributed by atoms with Crippen LogP contribution in [0.15, 0.2) is 36.4 Å². The third kappa shape index (κ3) is 1.94. The number of benzene rings is 2. The second kappa shape index (κ2) is 4.51. The normalized spacial score (nSPS) is 18.0. The van der Waals surface area contributed by atoms with Crippen molar-refractivity contribution >= 4 is 34.0 Å². The fourth-order valence-corrected chi connectivity index (χ4v) is 3.18. The summed E-state index contributed by atoms with van der Waals surface area (Å²) in [4.78, 5) is 0. The van der Waals surface area contributed by atoms with Gasteiger partial charge in [0.05, 0.1) is 5.38 Å². The molecule has 0 saturated heterocycles. The van der Waals surface area contributed by atoms with Gasteiger partial charge in [-0.05, 0) is 35.8 Å². The van der Waals surface area contributed by atoms with Gasteiger partial charge in [0.25, 0.3) is 0 Å². The molecule has 0 spiro atoms. The van der Waals surface area contributed by atoms with Crippen molar-refractivity contribution in [1.82, 2.24) is 0 Å². The van der Waals surface area contributed by atoms with Crippen LogP contribution in [-0.4, -0.2) is 0 Å². The molecular weight excluding hydrogens is 251 g/mol. The highest BCUT2D eigenvalue weighted by Gasteiger charge is 2.27. The summed E-state index contributed by atoms with van der Waals surface area (Å²) in [5.41, 5.74) is 1.23. The van der Waals surface area contributed by atoms with E-state index in [-0.39, 0.29) is 5.38 Å². The predicted octanol–water partition coefficient (Wildman–Crippen LogP) is 5.57. The Morgan fingerprint density at radius 3 is 2.35 bits per heavy atom. The molecule has 0 aromatic heterocycles. The standard InChI is InChI=1S/C15H14Cl2/c16-14-9-8-13(15(17)10-4-3-5-10)11-6-1-2-7-12(11)14/h1-2,6-10,15H,3-5H2. The average molecular weight is 265 g/mol. The zero-order valence-electron chi connectivity index (χ0n) is 9.50. The molecular formula is C15H14Cl2. The molecule has 1 unspecified atom stereocenters. The van der Waals surface area contributed by atoms with E-state index in [0.717, 1.165) is 10.4 Å². The summed E-state index contributed by atoms with van der Waals surface area (Å²) in [5, 5.41) is 3.25. The molecule has 3 rings (SSSR count). The van der Waals surface area contributed by atoms with Crippen molar-refractivity contribution in [2.75, 3.05) is 0 Å². The first-order valence-corrected chi connectivity index (χ1v) is 6.90. The van der Waals surface area contributed by atoms with Gasteiger partial charge < -0.3 is 0 Å². The van der Waals surface area contributed by atoms with Crippen LogP contribution < -0.4 is 0 Å². The highest BCUT2D eigenvalue weighted by Crippen LogP contribution is 2.44. The Labute approximate surface area is 112 Å². The molecule has 2 aromatic rings. The Kier molecular flexibility index (Phi) is 3.02. The van der Waals surface area contributed by atoms with Crippen molar-refractivity contribution in [2.45, 2.75) is 24.6 Å². The lowest BCUT2D eigenvalue weighted by Gasteiger charge is -2.30. The number of fused-ring (bicyclic) bond motifs is 1. The highest BCUT2D eigenvalue weighted by molar-refractivity contribution is 6.35.